The zero-order valence-corrected chi connectivity index (χ0v) is 13.3. The summed E-state index contributed by atoms with van der Waals surface area (Å²) < 4.78 is 0. The molecule has 0 saturated heterocycles. The third kappa shape index (κ3) is 3.89. The highest BCUT2D eigenvalue weighted by Gasteiger charge is 2.32. The van der Waals surface area contributed by atoms with E-state index in [9.17, 15) is 9.90 Å². The Labute approximate surface area is 133 Å². The Hall–Kier alpha value is -1.35. The van der Waals surface area contributed by atoms with Crippen molar-refractivity contribution in [3.05, 3.63) is 35.4 Å². The maximum atomic E-state index is 12.0. The summed E-state index contributed by atoms with van der Waals surface area (Å²) in [6.45, 7) is 0.380. The largest absolute Gasteiger partial charge is 0.388 e. The number of benzene rings is 1. The van der Waals surface area contributed by atoms with Crippen LogP contribution >= 0.6 is 0 Å². The minimum atomic E-state index is -0.780. The topological polar surface area (TPSA) is 49.3 Å². The first-order valence-corrected chi connectivity index (χ1v) is 8.70. The predicted molar refractivity (Wildman–Crippen MR) is 87.6 cm³/mol. The van der Waals surface area contributed by atoms with Gasteiger partial charge < -0.3 is 10.4 Å². The molecule has 2 aliphatic rings. The highest BCUT2D eigenvalue weighted by atomic mass is 16.3. The fraction of sp³-hybridized carbons (Fsp3) is 0.632. The lowest BCUT2D eigenvalue weighted by Crippen LogP contribution is -2.46. The summed E-state index contributed by atoms with van der Waals surface area (Å²) in [4.78, 5) is 12.0. The molecule has 0 bridgehead atoms. The molecule has 0 aliphatic heterocycles. The van der Waals surface area contributed by atoms with Crippen molar-refractivity contribution < 1.29 is 9.90 Å². The van der Waals surface area contributed by atoms with Crippen molar-refractivity contribution in [2.24, 2.45) is 5.92 Å². The monoisotopic (exact) mass is 301 g/mol. The molecule has 1 atom stereocenters. The van der Waals surface area contributed by atoms with E-state index in [1.807, 2.05) is 12.1 Å². The van der Waals surface area contributed by atoms with Crippen LogP contribution in [-0.2, 0) is 17.6 Å². The highest BCUT2D eigenvalue weighted by molar-refractivity contribution is 5.75. The van der Waals surface area contributed by atoms with Gasteiger partial charge in [-0.3, -0.25) is 4.79 Å². The molecule has 3 heteroatoms. The summed E-state index contributed by atoms with van der Waals surface area (Å²) in [5.74, 6) is 0.842. The molecule has 0 aromatic heterocycles. The van der Waals surface area contributed by atoms with Gasteiger partial charge in [0.15, 0.2) is 0 Å². The number of amides is 1. The van der Waals surface area contributed by atoms with Gasteiger partial charge in [0.05, 0.1) is 5.60 Å². The van der Waals surface area contributed by atoms with E-state index in [-0.39, 0.29) is 5.91 Å². The van der Waals surface area contributed by atoms with Gasteiger partial charge >= 0.3 is 0 Å². The number of nitrogens with one attached hydrogen (secondary N) is 1. The SMILES string of the molecule is O=C(CCC1CCCC1)NCC1(O)CCc2ccccc2C1. The molecular weight excluding hydrogens is 274 g/mol. The third-order valence-corrected chi connectivity index (χ3v) is 5.37. The molecule has 1 aromatic rings. The van der Waals surface area contributed by atoms with Crippen LogP contribution in [0.1, 0.15) is 56.1 Å². The van der Waals surface area contributed by atoms with Crippen molar-refractivity contribution in [2.45, 2.75) is 63.4 Å². The van der Waals surface area contributed by atoms with Crippen LogP contribution in [0.3, 0.4) is 0 Å². The van der Waals surface area contributed by atoms with Gasteiger partial charge in [0.2, 0.25) is 5.91 Å². The Morgan fingerprint density at radius 1 is 1.23 bits per heavy atom. The molecule has 1 unspecified atom stereocenters. The molecule has 2 N–H and O–H groups in total. The Morgan fingerprint density at radius 2 is 1.95 bits per heavy atom. The molecule has 1 amide bonds. The number of fused-ring (bicyclic) bond motifs is 1. The first-order valence-electron chi connectivity index (χ1n) is 8.70. The van der Waals surface area contributed by atoms with Crippen molar-refractivity contribution in [3.8, 4) is 0 Å². The van der Waals surface area contributed by atoms with Gasteiger partial charge in [-0.1, -0.05) is 49.9 Å². The van der Waals surface area contributed by atoms with Crippen LogP contribution in [0.5, 0.6) is 0 Å². The van der Waals surface area contributed by atoms with E-state index in [1.54, 1.807) is 0 Å². The lowest BCUT2D eigenvalue weighted by Gasteiger charge is -2.33. The van der Waals surface area contributed by atoms with Crippen LogP contribution in [0, 0.1) is 5.92 Å². The lowest BCUT2D eigenvalue weighted by atomic mass is 9.80. The van der Waals surface area contributed by atoms with Gasteiger partial charge in [0.25, 0.3) is 0 Å². The first kappa shape index (κ1) is 15.5. The number of rotatable bonds is 5. The Bertz CT molecular complexity index is 522. The Morgan fingerprint density at radius 3 is 2.73 bits per heavy atom. The maximum absolute atomic E-state index is 12.0. The molecule has 1 fully saturated rings. The standard InChI is InChI=1S/C19H27NO2/c21-18(10-9-15-5-1-2-6-15)20-14-19(22)12-11-16-7-3-4-8-17(16)13-19/h3-4,7-8,15,22H,1-2,5-6,9-14H2,(H,20,21). The molecule has 120 valence electrons. The fourth-order valence-corrected chi connectivity index (χ4v) is 3.92. The average molecular weight is 301 g/mol. The third-order valence-electron chi connectivity index (χ3n) is 5.37. The van der Waals surface area contributed by atoms with E-state index < -0.39 is 5.60 Å². The maximum Gasteiger partial charge on any atom is 0.220 e. The highest BCUT2D eigenvalue weighted by Crippen LogP contribution is 2.29. The minimum Gasteiger partial charge on any atom is -0.388 e. The summed E-state index contributed by atoms with van der Waals surface area (Å²) in [5, 5.41) is 13.7. The lowest BCUT2D eigenvalue weighted by molar-refractivity contribution is -0.122. The van der Waals surface area contributed by atoms with Crippen LogP contribution in [0.4, 0.5) is 0 Å². The van der Waals surface area contributed by atoms with Gasteiger partial charge in [-0.2, -0.15) is 0 Å². The molecule has 22 heavy (non-hydrogen) atoms. The quantitative estimate of drug-likeness (QED) is 0.878. The summed E-state index contributed by atoms with van der Waals surface area (Å²) >= 11 is 0. The van der Waals surface area contributed by atoms with Crippen LogP contribution in [0.15, 0.2) is 24.3 Å². The molecule has 0 spiro atoms. The van der Waals surface area contributed by atoms with Crippen molar-refractivity contribution in [3.63, 3.8) is 0 Å². The van der Waals surface area contributed by atoms with Crippen molar-refractivity contribution in [1.82, 2.24) is 5.32 Å². The summed E-state index contributed by atoms with van der Waals surface area (Å²) in [7, 11) is 0. The molecule has 1 aromatic carbocycles. The summed E-state index contributed by atoms with van der Waals surface area (Å²) in [6, 6.07) is 8.29. The van der Waals surface area contributed by atoms with Crippen LogP contribution in [-0.4, -0.2) is 23.2 Å². The fourth-order valence-electron chi connectivity index (χ4n) is 3.92. The van der Waals surface area contributed by atoms with Gasteiger partial charge in [0.1, 0.15) is 0 Å². The number of aryl methyl sites for hydroxylation is 1. The van der Waals surface area contributed by atoms with E-state index >= 15 is 0 Å². The van der Waals surface area contributed by atoms with Crippen molar-refractivity contribution >= 4 is 5.91 Å². The first-order chi connectivity index (χ1) is 10.6. The Balaban J connectivity index is 1.45. The number of carbonyl (C=O) groups is 1. The van der Waals surface area contributed by atoms with Gasteiger partial charge in [-0.25, -0.2) is 0 Å². The molecule has 1 saturated carbocycles. The molecule has 3 nitrogen and oxygen atoms in total. The van der Waals surface area contributed by atoms with E-state index in [0.29, 0.717) is 19.4 Å². The van der Waals surface area contributed by atoms with Crippen molar-refractivity contribution in [2.75, 3.05) is 6.54 Å². The van der Waals surface area contributed by atoms with E-state index in [4.69, 9.17) is 0 Å². The summed E-state index contributed by atoms with van der Waals surface area (Å²) in [6.07, 6.45) is 9.10. The zero-order chi connectivity index (χ0) is 15.4. The van der Waals surface area contributed by atoms with Gasteiger partial charge in [-0.15, -0.1) is 0 Å². The van der Waals surface area contributed by atoms with Crippen LogP contribution in [0.25, 0.3) is 0 Å². The van der Waals surface area contributed by atoms with E-state index in [0.717, 1.165) is 25.2 Å². The minimum absolute atomic E-state index is 0.0965. The number of hydrogen-bond donors (Lipinski definition) is 2. The van der Waals surface area contributed by atoms with Gasteiger partial charge in [-0.05, 0) is 36.3 Å². The smallest absolute Gasteiger partial charge is 0.220 e. The Kier molecular flexibility index (Phi) is 4.82. The molecule has 3 rings (SSSR count). The van der Waals surface area contributed by atoms with Crippen molar-refractivity contribution in [1.29, 1.82) is 0 Å². The van der Waals surface area contributed by atoms with Crippen LogP contribution in [0.2, 0.25) is 0 Å². The predicted octanol–water partition coefficient (Wildman–Crippen LogP) is 2.99. The number of hydrogen-bond acceptors (Lipinski definition) is 2. The number of carbonyl (C=O) groups excluding carboxylic acids is 1. The molecule has 0 heterocycles. The van der Waals surface area contributed by atoms with E-state index in [1.165, 1.54) is 36.8 Å². The normalized spacial score (nSPS) is 25.0. The molecule has 2 aliphatic carbocycles. The zero-order valence-electron chi connectivity index (χ0n) is 13.3. The van der Waals surface area contributed by atoms with Crippen LogP contribution < -0.4 is 5.32 Å². The molecular formula is C19H27NO2. The number of aliphatic hydroxyl groups is 1. The second-order valence-electron chi connectivity index (χ2n) is 7.14. The second kappa shape index (κ2) is 6.82. The van der Waals surface area contributed by atoms with Gasteiger partial charge in [0, 0.05) is 19.4 Å². The summed E-state index contributed by atoms with van der Waals surface area (Å²) in [5.41, 5.74) is 1.77. The van der Waals surface area contributed by atoms with E-state index in [2.05, 4.69) is 17.4 Å². The average Bonchev–Trinajstić information content (AvgIpc) is 3.04. The molecule has 0 radical (unpaired) electrons. The second-order valence-corrected chi connectivity index (χ2v) is 7.14.